The van der Waals surface area contributed by atoms with Crippen molar-refractivity contribution in [3.63, 3.8) is 0 Å². The van der Waals surface area contributed by atoms with Gasteiger partial charge in [-0.25, -0.2) is 14.3 Å². The molecule has 2 aromatic rings. The number of fused-ring (bicyclic) bond motifs is 1. The second kappa shape index (κ2) is 6.80. The van der Waals surface area contributed by atoms with Crippen LogP contribution in [0, 0.1) is 6.92 Å². The molecule has 1 N–H and O–H groups in total. The van der Waals surface area contributed by atoms with Crippen molar-refractivity contribution in [1.29, 1.82) is 0 Å². The molecule has 0 radical (unpaired) electrons. The van der Waals surface area contributed by atoms with Gasteiger partial charge >= 0.3 is 6.09 Å². The number of imidazole rings is 1. The Hall–Kier alpha value is -1.87. The van der Waals surface area contributed by atoms with Crippen LogP contribution in [-0.4, -0.2) is 70.5 Å². The highest BCUT2D eigenvalue weighted by molar-refractivity contribution is 7.20. The molecule has 0 saturated carbocycles. The molecule has 8 nitrogen and oxygen atoms in total. The number of carbonyl (C=O) groups is 1. The van der Waals surface area contributed by atoms with Gasteiger partial charge in [0, 0.05) is 26.2 Å². The number of ether oxygens (including phenoxy) is 1. The van der Waals surface area contributed by atoms with E-state index in [4.69, 9.17) is 4.74 Å². The lowest BCUT2D eigenvalue weighted by Crippen LogP contribution is -2.56. The van der Waals surface area contributed by atoms with Crippen molar-refractivity contribution in [3.05, 3.63) is 11.9 Å². The number of rotatable bonds is 3. The number of hydrogen-bond donors (Lipinski definition) is 1. The van der Waals surface area contributed by atoms with E-state index in [9.17, 15) is 4.79 Å². The van der Waals surface area contributed by atoms with Gasteiger partial charge in [-0.15, -0.1) is 5.10 Å². The summed E-state index contributed by atoms with van der Waals surface area (Å²) in [5.41, 5.74) is 0.470. The average Bonchev–Trinajstić information content (AvgIpc) is 3.00. The SMILES string of the molecule is Cc1cn2nc(N3CCN(C)CC3CNC(=O)OC(C)(C)C)sc2n1. The lowest BCUT2D eigenvalue weighted by atomic mass is 10.2. The molecule has 0 spiro atoms. The number of aromatic nitrogens is 3. The highest BCUT2D eigenvalue weighted by Gasteiger charge is 2.29. The van der Waals surface area contributed by atoms with E-state index < -0.39 is 5.60 Å². The van der Waals surface area contributed by atoms with Crippen molar-refractivity contribution in [1.82, 2.24) is 24.8 Å². The molecule has 0 aromatic carbocycles. The summed E-state index contributed by atoms with van der Waals surface area (Å²) in [5.74, 6) is 0. The molecule has 2 aromatic heterocycles. The first-order valence-corrected chi connectivity index (χ1v) is 9.28. The van der Waals surface area contributed by atoms with Crippen LogP contribution in [-0.2, 0) is 4.74 Å². The second-order valence-corrected chi connectivity index (χ2v) is 8.42. The van der Waals surface area contributed by atoms with Gasteiger partial charge in [0.25, 0.3) is 0 Å². The molecule has 1 amide bonds. The molecule has 0 aliphatic carbocycles. The number of alkyl carbamates (subject to hydrolysis) is 1. The third-order valence-corrected chi connectivity index (χ3v) is 4.93. The molecule has 138 valence electrons. The normalized spacial score (nSPS) is 19.4. The van der Waals surface area contributed by atoms with Gasteiger partial charge in [-0.1, -0.05) is 11.3 Å². The third kappa shape index (κ3) is 4.40. The Labute approximate surface area is 151 Å². The lowest BCUT2D eigenvalue weighted by molar-refractivity contribution is 0.0520. The number of likely N-dealkylation sites (N-methyl/N-ethyl adjacent to an activating group) is 1. The summed E-state index contributed by atoms with van der Waals surface area (Å²) in [6.07, 6.45) is 1.55. The van der Waals surface area contributed by atoms with Crippen LogP contribution in [0.1, 0.15) is 26.5 Å². The van der Waals surface area contributed by atoms with E-state index in [1.165, 1.54) is 0 Å². The molecule has 0 bridgehead atoms. The third-order valence-electron chi connectivity index (χ3n) is 3.97. The van der Waals surface area contributed by atoms with Crippen molar-refractivity contribution in [3.8, 4) is 0 Å². The fourth-order valence-electron chi connectivity index (χ4n) is 2.87. The summed E-state index contributed by atoms with van der Waals surface area (Å²) in [4.78, 5) is 21.9. The highest BCUT2D eigenvalue weighted by atomic mass is 32.1. The Morgan fingerprint density at radius 2 is 2.20 bits per heavy atom. The van der Waals surface area contributed by atoms with Crippen LogP contribution >= 0.6 is 11.3 Å². The summed E-state index contributed by atoms with van der Waals surface area (Å²) in [6, 6.07) is 0.142. The maximum atomic E-state index is 12.0. The summed E-state index contributed by atoms with van der Waals surface area (Å²) in [5, 5.41) is 8.48. The first kappa shape index (κ1) is 17.9. The maximum absolute atomic E-state index is 12.0. The number of aryl methyl sites for hydroxylation is 1. The minimum Gasteiger partial charge on any atom is -0.444 e. The Kier molecular flexibility index (Phi) is 4.88. The van der Waals surface area contributed by atoms with Gasteiger partial charge in [0.1, 0.15) is 5.60 Å². The number of anilines is 1. The minimum atomic E-state index is -0.494. The summed E-state index contributed by atoms with van der Waals surface area (Å²) < 4.78 is 7.16. The number of amides is 1. The Morgan fingerprint density at radius 3 is 2.88 bits per heavy atom. The van der Waals surface area contributed by atoms with Gasteiger partial charge in [-0.3, -0.25) is 0 Å². The van der Waals surface area contributed by atoms with Crippen LogP contribution in [0.2, 0.25) is 0 Å². The summed E-state index contributed by atoms with van der Waals surface area (Å²) in [6.45, 7) is 10.7. The first-order chi connectivity index (χ1) is 11.7. The minimum absolute atomic E-state index is 0.142. The van der Waals surface area contributed by atoms with Crippen LogP contribution in [0.5, 0.6) is 0 Å². The molecule has 1 unspecified atom stereocenters. The molecule has 3 heterocycles. The number of nitrogens with zero attached hydrogens (tertiary/aromatic N) is 5. The molecule has 1 atom stereocenters. The van der Waals surface area contributed by atoms with Crippen molar-refractivity contribution in [2.75, 3.05) is 38.1 Å². The number of piperazine rings is 1. The molecule has 1 aliphatic rings. The zero-order valence-corrected chi connectivity index (χ0v) is 16.3. The van der Waals surface area contributed by atoms with Gasteiger partial charge in [-0.05, 0) is 34.7 Å². The Bertz CT molecular complexity index is 718. The van der Waals surface area contributed by atoms with Gasteiger partial charge in [0.15, 0.2) is 0 Å². The van der Waals surface area contributed by atoms with E-state index in [0.29, 0.717) is 6.54 Å². The smallest absolute Gasteiger partial charge is 0.407 e. The van der Waals surface area contributed by atoms with Crippen molar-refractivity contribution < 1.29 is 9.53 Å². The zero-order valence-electron chi connectivity index (χ0n) is 15.4. The summed E-state index contributed by atoms with van der Waals surface area (Å²) in [7, 11) is 2.09. The van der Waals surface area contributed by atoms with E-state index in [0.717, 1.165) is 35.4 Å². The standard InChI is InChI=1S/C16H26N6O2S/c1-11-9-22-13(18-11)25-14(19-22)21-7-6-20(5)10-12(21)8-17-15(23)24-16(2,3)4/h9,12H,6-8,10H2,1-5H3,(H,17,23). The number of carbonyl (C=O) groups excluding carboxylic acids is 1. The molecule has 25 heavy (non-hydrogen) atoms. The average molecular weight is 366 g/mol. The van der Waals surface area contributed by atoms with Crippen LogP contribution in [0.15, 0.2) is 6.20 Å². The van der Waals surface area contributed by atoms with E-state index in [2.05, 4.69) is 32.2 Å². The highest BCUT2D eigenvalue weighted by Crippen LogP contribution is 2.26. The van der Waals surface area contributed by atoms with Crippen LogP contribution < -0.4 is 10.2 Å². The predicted octanol–water partition coefficient (Wildman–Crippen LogP) is 1.74. The van der Waals surface area contributed by atoms with E-state index in [1.807, 2.05) is 38.4 Å². The monoisotopic (exact) mass is 366 g/mol. The Balaban J connectivity index is 1.70. The molecule has 1 aliphatic heterocycles. The van der Waals surface area contributed by atoms with Crippen LogP contribution in [0.3, 0.4) is 0 Å². The van der Waals surface area contributed by atoms with Gasteiger partial charge in [0.05, 0.1) is 17.9 Å². The molecule has 9 heteroatoms. The van der Waals surface area contributed by atoms with Crippen LogP contribution in [0.4, 0.5) is 9.93 Å². The second-order valence-electron chi connectivity index (χ2n) is 7.49. The fourth-order valence-corrected chi connectivity index (χ4v) is 3.89. The van der Waals surface area contributed by atoms with E-state index in [-0.39, 0.29) is 12.1 Å². The maximum Gasteiger partial charge on any atom is 0.407 e. The van der Waals surface area contributed by atoms with Gasteiger partial charge in [0.2, 0.25) is 10.1 Å². The number of nitrogens with one attached hydrogen (secondary N) is 1. The first-order valence-electron chi connectivity index (χ1n) is 8.46. The van der Waals surface area contributed by atoms with Crippen LogP contribution in [0.25, 0.3) is 4.96 Å². The van der Waals surface area contributed by atoms with Gasteiger partial charge in [-0.2, -0.15) is 0 Å². The quantitative estimate of drug-likeness (QED) is 0.892. The molecule has 1 fully saturated rings. The molecule has 1 saturated heterocycles. The molecular formula is C16H26N6O2S. The molecule has 3 rings (SSSR count). The predicted molar refractivity (Wildman–Crippen MR) is 98.5 cm³/mol. The Morgan fingerprint density at radius 1 is 1.44 bits per heavy atom. The van der Waals surface area contributed by atoms with E-state index in [1.54, 1.807) is 11.3 Å². The largest absolute Gasteiger partial charge is 0.444 e. The lowest BCUT2D eigenvalue weighted by Gasteiger charge is -2.39. The zero-order chi connectivity index (χ0) is 18.2. The summed E-state index contributed by atoms with van der Waals surface area (Å²) >= 11 is 1.58. The van der Waals surface area contributed by atoms with Crippen molar-refractivity contribution >= 4 is 27.5 Å². The van der Waals surface area contributed by atoms with Crippen molar-refractivity contribution in [2.24, 2.45) is 0 Å². The van der Waals surface area contributed by atoms with Crippen molar-refractivity contribution in [2.45, 2.75) is 39.3 Å². The van der Waals surface area contributed by atoms with E-state index >= 15 is 0 Å². The molecular weight excluding hydrogens is 340 g/mol. The topological polar surface area (TPSA) is 75.0 Å². The fraction of sp³-hybridized carbons (Fsp3) is 0.688. The number of hydrogen-bond acceptors (Lipinski definition) is 7. The van der Waals surface area contributed by atoms with Gasteiger partial charge < -0.3 is 19.9 Å².